The van der Waals surface area contributed by atoms with Gasteiger partial charge < -0.3 is 9.47 Å². The van der Waals surface area contributed by atoms with Crippen LogP contribution in [0.15, 0.2) is 29.3 Å². The maximum absolute atomic E-state index is 6.01. The van der Waals surface area contributed by atoms with E-state index in [0.29, 0.717) is 6.61 Å². The van der Waals surface area contributed by atoms with Gasteiger partial charge in [0.1, 0.15) is 10.8 Å². The van der Waals surface area contributed by atoms with E-state index < -0.39 is 0 Å². The molecule has 2 heterocycles. The van der Waals surface area contributed by atoms with Crippen molar-refractivity contribution in [1.29, 1.82) is 0 Å². The number of ether oxygens (including phenoxy) is 2. The molecule has 25 heavy (non-hydrogen) atoms. The SMILES string of the molecule is CCCCSc1nc(-c2cccc(OC)c2)nc2c1COC(C)(C)C2. The summed E-state index contributed by atoms with van der Waals surface area (Å²) >= 11 is 1.82. The summed E-state index contributed by atoms with van der Waals surface area (Å²) in [4.78, 5) is 9.75. The number of fused-ring (bicyclic) bond motifs is 1. The molecule has 1 aliphatic rings. The number of aromatic nitrogens is 2. The molecule has 1 aliphatic heterocycles. The van der Waals surface area contributed by atoms with Crippen LogP contribution in [0.25, 0.3) is 11.4 Å². The third-order valence-corrected chi connectivity index (χ3v) is 5.42. The Labute approximate surface area is 154 Å². The zero-order valence-electron chi connectivity index (χ0n) is 15.5. The third kappa shape index (κ3) is 4.33. The lowest BCUT2D eigenvalue weighted by Gasteiger charge is -2.32. The van der Waals surface area contributed by atoms with Crippen LogP contribution in [-0.4, -0.2) is 28.4 Å². The highest BCUT2D eigenvalue weighted by atomic mass is 32.2. The Hall–Kier alpha value is -1.59. The lowest BCUT2D eigenvalue weighted by Crippen LogP contribution is -2.33. The van der Waals surface area contributed by atoms with Gasteiger partial charge in [0.2, 0.25) is 0 Å². The molecule has 0 fully saturated rings. The fourth-order valence-electron chi connectivity index (χ4n) is 2.84. The molecule has 134 valence electrons. The maximum Gasteiger partial charge on any atom is 0.160 e. The number of thioether (sulfide) groups is 1. The van der Waals surface area contributed by atoms with Crippen molar-refractivity contribution in [2.75, 3.05) is 12.9 Å². The van der Waals surface area contributed by atoms with Gasteiger partial charge in [-0.15, -0.1) is 11.8 Å². The molecule has 1 aromatic carbocycles. The van der Waals surface area contributed by atoms with Crippen LogP contribution in [0.5, 0.6) is 5.75 Å². The molecule has 0 saturated heterocycles. The second-order valence-electron chi connectivity index (χ2n) is 6.94. The van der Waals surface area contributed by atoms with Crippen molar-refractivity contribution in [2.45, 2.75) is 57.3 Å². The summed E-state index contributed by atoms with van der Waals surface area (Å²) in [7, 11) is 1.68. The molecule has 0 unspecified atom stereocenters. The predicted octanol–water partition coefficient (Wildman–Crippen LogP) is 4.90. The number of hydrogen-bond acceptors (Lipinski definition) is 5. The zero-order valence-corrected chi connectivity index (χ0v) is 16.3. The molecule has 3 rings (SSSR count). The van der Waals surface area contributed by atoms with Gasteiger partial charge >= 0.3 is 0 Å². The standard InChI is InChI=1S/C20H26N2O2S/c1-5-6-10-25-19-16-13-24-20(2,3)12-17(16)21-18(22-19)14-8-7-9-15(11-14)23-4/h7-9,11H,5-6,10,12-13H2,1-4H3. The summed E-state index contributed by atoms with van der Waals surface area (Å²) < 4.78 is 11.4. The minimum Gasteiger partial charge on any atom is -0.497 e. The van der Waals surface area contributed by atoms with Crippen molar-refractivity contribution in [3.63, 3.8) is 0 Å². The lowest BCUT2D eigenvalue weighted by molar-refractivity contribution is -0.0428. The van der Waals surface area contributed by atoms with E-state index in [9.17, 15) is 0 Å². The number of methoxy groups -OCH3 is 1. The Morgan fingerprint density at radius 2 is 2.12 bits per heavy atom. The average Bonchev–Trinajstić information content (AvgIpc) is 2.60. The molecule has 0 radical (unpaired) electrons. The Morgan fingerprint density at radius 3 is 2.88 bits per heavy atom. The van der Waals surface area contributed by atoms with Crippen molar-refractivity contribution in [1.82, 2.24) is 9.97 Å². The summed E-state index contributed by atoms with van der Waals surface area (Å²) in [6.07, 6.45) is 3.18. The Bertz CT molecular complexity index is 746. The molecule has 0 amide bonds. The number of unbranched alkanes of at least 4 members (excludes halogenated alkanes) is 1. The van der Waals surface area contributed by atoms with Crippen molar-refractivity contribution in [2.24, 2.45) is 0 Å². The van der Waals surface area contributed by atoms with E-state index in [0.717, 1.165) is 45.6 Å². The van der Waals surface area contributed by atoms with E-state index in [2.05, 4.69) is 20.8 Å². The summed E-state index contributed by atoms with van der Waals surface area (Å²) in [5, 5.41) is 1.06. The summed E-state index contributed by atoms with van der Waals surface area (Å²) in [6, 6.07) is 7.95. The monoisotopic (exact) mass is 358 g/mol. The molecule has 1 aromatic heterocycles. The second-order valence-corrected chi connectivity index (χ2v) is 8.02. The van der Waals surface area contributed by atoms with Crippen LogP contribution in [0, 0.1) is 0 Å². The fourth-order valence-corrected chi connectivity index (χ4v) is 3.97. The Kier molecular flexibility index (Phi) is 5.64. The molecule has 0 spiro atoms. The number of nitrogens with zero attached hydrogens (tertiary/aromatic N) is 2. The van der Waals surface area contributed by atoms with E-state index >= 15 is 0 Å². The molecule has 0 N–H and O–H groups in total. The van der Waals surface area contributed by atoms with Crippen LogP contribution < -0.4 is 4.74 Å². The van der Waals surface area contributed by atoms with E-state index in [-0.39, 0.29) is 5.60 Å². The highest BCUT2D eigenvalue weighted by Crippen LogP contribution is 2.34. The smallest absolute Gasteiger partial charge is 0.160 e. The first kappa shape index (κ1) is 18.2. The molecule has 0 atom stereocenters. The molecule has 0 aliphatic carbocycles. The van der Waals surface area contributed by atoms with Gasteiger partial charge in [-0.1, -0.05) is 25.5 Å². The first-order valence-electron chi connectivity index (χ1n) is 8.83. The maximum atomic E-state index is 6.01. The first-order chi connectivity index (χ1) is 12.0. The second kappa shape index (κ2) is 7.75. The highest BCUT2D eigenvalue weighted by Gasteiger charge is 2.30. The minimum absolute atomic E-state index is 0.182. The van der Waals surface area contributed by atoms with Gasteiger partial charge in [0, 0.05) is 17.5 Å². The van der Waals surface area contributed by atoms with Gasteiger partial charge in [-0.2, -0.15) is 0 Å². The van der Waals surface area contributed by atoms with E-state index in [1.165, 1.54) is 12.8 Å². The van der Waals surface area contributed by atoms with E-state index in [1.807, 2.05) is 36.0 Å². The largest absolute Gasteiger partial charge is 0.497 e. The molecular weight excluding hydrogens is 332 g/mol. The van der Waals surface area contributed by atoms with Crippen molar-refractivity contribution >= 4 is 11.8 Å². The van der Waals surface area contributed by atoms with Crippen molar-refractivity contribution < 1.29 is 9.47 Å². The van der Waals surface area contributed by atoms with Gasteiger partial charge in [0.25, 0.3) is 0 Å². The molecular formula is C20H26N2O2S. The predicted molar refractivity (Wildman–Crippen MR) is 102 cm³/mol. The highest BCUT2D eigenvalue weighted by molar-refractivity contribution is 7.99. The summed E-state index contributed by atoms with van der Waals surface area (Å²) in [6.45, 7) is 7.04. The van der Waals surface area contributed by atoms with Gasteiger partial charge in [-0.05, 0) is 38.2 Å². The topological polar surface area (TPSA) is 44.2 Å². The Balaban J connectivity index is 2.02. The van der Waals surface area contributed by atoms with Crippen LogP contribution in [0.4, 0.5) is 0 Å². The number of benzene rings is 1. The van der Waals surface area contributed by atoms with E-state index in [4.69, 9.17) is 19.4 Å². The average molecular weight is 359 g/mol. The van der Waals surface area contributed by atoms with Crippen LogP contribution in [0.1, 0.15) is 44.9 Å². The van der Waals surface area contributed by atoms with Gasteiger partial charge in [-0.3, -0.25) is 0 Å². The minimum atomic E-state index is -0.182. The quantitative estimate of drug-likeness (QED) is 0.418. The zero-order chi connectivity index (χ0) is 17.9. The Morgan fingerprint density at radius 1 is 1.28 bits per heavy atom. The normalized spacial score (nSPS) is 15.7. The molecule has 0 saturated carbocycles. The van der Waals surface area contributed by atoms with Crippen LogP contribution in [-0.2, 0) is 17.8 Å². The molecule has 5 heteroatoms. The van der Waals surface area contributed by atoms with Gasteiger partial charge in [0.05, 0.1) is 25.0 Å². The van der Waals surface area contributed by atoms with Crippen LogP contribution >= 0.6 is 11.8 Å². The number of rotatable bonds is 6. The summed E-state index contributed by atoms with van der Waals surface area (Å²) in [5.74, 6) is 2.66. The first-order valence-corrected chi connectivity index (χ1v) is 9.82. The lowest BCUT2D eigenvalue weighted by atomic mass is 9.96. The molecule has 4 nitrogen and oxygen atoms in total. The number of hydrogen-bond donors (Lipinski definition) is 0. The van der Waals surface area contributed by atoms with Gasteiger partial charge in [0.15, 0.2) is 5.82 Å². The van der Waals surface area contributed by atoms with E-state index in [1.54, 1.807) is 7.11 Å². The van der Waals surface area contributed by atoms with Crippen LogP contribution in [0.2, 0.25) is 0 Å². The van der Waals surface area contributed by atoms with Crippen molar-refractivity contribution in [3.05, 3.63) is 35.5 Å². The van der Waals surface area contributed by atoms with Crippen LogP contribution in [0.3, 0.4) is 0 Å². The molecule has 2 aromatic rings. The third-order valence-electron chi connectivity index (χ3n) is 4.32. The fraction of sp³-hybridized carbons (Fsp3) is 0.500. The van der Waals surface area contributed by atoms with Gasteiger partial charge in [-0.25, -0.2) is 9.97 Å². The summed E-state index contributed by atoms with van der Waals surface area (Å²) in [5.41, 5.74) is 3.08. The molecule has 0 bridgehead atoms. The van der Waals surface area contributed by atoms with Crippen molar-refractivity contribution in [3.8, 4) is 17.1 Å².